The summed E-state index contributed by atoms with van der Waals surface area (Å²) in [5, 5.41) is 12.0. The minimum Gasteiger partial charge on any atom is -0.497 e. The van der Waals surface area contributed by atoms with Crippen LogP contribution in [0.25, 0.3) is 5.69 Å². The average molecular weight is 450 g/mol. The van der Waals surface area contributed by atoms with Gasteiger partial charge >= 0.3 is 0 Å². The second-order valence-corrected chi connectivity index (χ2v) is 9.91. The first-order chi connectivity index (χ1) is 14.2. The number of carbonyl (C=O) groups is 2. The maximum Gasteiger partial charge on any atom is 0.244 e. The van der Waals surface area contributed by atoms with Crippen LogP contribution < -0.4 is 10.1 Å². The molecule has 2 aromatic rings. The summed E-state index contributed by atoms with van der Waals surface area (Å²) in [7, 11) is 1.62. The van der Waals surface area contributed by atoms with Gasteiger partial charge < -0.3 is 15.0 Å². The van der Waals surface area contributed by atoms with E-state index >= 15 is 0 Å². The molecule has 0 radical (unpaired) electrons. The molecule has 1 aliphatic rings. The molecule has 8 nitrogen and oxygen atoms in total. The highest BCUT2D eigenvalue weighted by molar-refractivity contribution is 8.00. The molecule has 1 aliphatic heterocycles. The fourth-order valence-corrected chi connectivity index (χ4v) is 5.10. The van der Waals surface area contributed by atoms with Crippen LogP contribution in [-0.2, 0) is 9.59 Å². The number of methoxy groups -OCH3 is 1. The van der Waals surface area contributed by atoms with E-state index in [1.165, 1.54) is 11.8 Å². The van der Waals surface area contributed by atoms with Crippen molar-refractivity contribution in [3.63, 3.8) is 0 Å². The van der Waals surface area contributed by atoms with E-state index in [4.69, 9.17) is 4.74 Å². The van der Waals surface area contributed by atoms with E-state index < -0.39 is 6.04 Å². The molecule has 30 heavy (non-hydrogen) atoms. The quantitative estimate of drug-likeness (QED) is 0.678. The van der Waals surface area contributed by atoms with Crippen LogP contribution in [0.5, 0.6) is 5.75 Å². The monoisotopic (exact) mass is 449 g/mol. The van der Waals surface area contributed by atoms with Crippen LogP contribution in [0.2, 0.25) is 0 Å². The van der Waals surface area contributed by atoms with E-state index in [1.54, 1.807) is 23.8 Å². The van der Waals surface area contributed by atoms with Crippen molar-refractivity contribution in [2.24, 2.45) is 0 Å². The van der Waals surface area contributed by atoms with Gasteiger partial charge in [-0.1, -0.05) is 11.8 Å². The predicted octanol–water partition coefficient (Wildman–Crippen LogP) is 2.49. The van der Waals surface area contributed by atoms with Crippen molar-refractivity contribution in [2.75, 3.05) is 24.5 Å². The van der Waals surface area contributed by atoms with Gasteiger partial charge in [-0.15, -0.1) is 22.0 Å². The summed E-state index contributed by atoms with van der Waals surface area (Å²) in [4.78, 5) is 27.1. The van der Waals surface area contributed by atoms with Crippen LogP contribution in [0, 0.1) is 6.92 Å². The number of hydrogen-bond donors (Lipinski definition) is 1. The van der Waals surface area contributed by atoms with Crippen molar-refractivity contribution in [1.82, 2.24) is 25.0 Å². The van der Waals surface area contributed by atoms with Gasteiger partial charge in [0.05, 0.1) is 18.7 Å². The van der Waals surface area contributed by atoms with Gasteiger partial charge in [0.25, 0.3) is 0 Å². The Morgan fingerprint density at radius 3 is 2.60 bits per heavy atom. The number of hydrogen-bond acceptors (Lipinski definition) is 7. The third kappa shape index (κ3) is 5.28. The number of rotatable bonds is 6. The van der Waals surface area contributed by atoms with Crippen molar-refractivity contribution >= 4 is 35.3 Å². The van der Waals surface area contributed by atoms with Gasteiger partial charge in [-0.3, -0.25) is 14.2 Å². The lowest BCUT2D eigenvalue weighted by atomic mass is 10.1. The fourth-order valence-electron chi connectivity index (χ4n) is 3.03. The Kier molecular flexibility index (Phi) is 6.97. The van der Waals surface area contributed by atoms with E-state index in [9.17, 15) is 9.59 Å². The first-order valence-corrected chi connectivity index (χ1v) is 11.7. The standard InChI is InChI=1S/C20H27N5O3S2/c1-13-22-23-19(25(13)14-6-8-15(28-5)9-7-14)30-11-17(26)24-12-29-10-16(24)18(27)21-20(2,3)4/h6-9,16H,10-12H2,1-5H3,(H,21,27). The van der Waals surface area contributed by atoms with Gasteiger partial charge in [-0.2, -0.15) is 0 Å². The molecule has 3 rings (SSSR count). The lowest BCUT2D eigenvalue weighted by molar-refractivity contribution is -0.136. The molecule has 162 valence electrons. The third-order valence-corrected chi connectivity index (χ3v) is 6.38. The SMILES string of the molecule is COc1ccc(-n2c(C)nnc2SCC(=O)N2CSCC2C(=O)NC(C)(C)C)cc1. The Balaban J connectivity index is 1.68. The van der Waals surface area contributed by atoms with Crippen LogP contribution >= 0.6 is 23.5 Å². The molecular weight excluding hydrogens is 422 g/mol. The van der Waals surface area contributed by atoms with Crippen molar-refractivity contribution in [3.05, 3.63) is 30.1 Å². The van der Waals surface area contributed by atoms with Crippen LogP contribution in [0.3, 0.4) is 0 Å². The molecule has 10 heteroatoms. The van der Waals surface area contributed by atoms with E-state index in [2.05, 4.69) is 15.5 Å². The van der Waals surface area contributed by atoms with E-state index in [0.29, 0.717) is 16.8 Å². The highest BCUT2D eigenvalue weighted by Crippen LogP contribution is 2.26. The number of thioether (sulfide) groups is 2. The molecule has 1 atom stereocenters. The lowest BCUT2D eigenvalue weighted by Gasteiger charge is -2.27. The fraction of sp³-hybridized carbons (Fsp3) is 0.500. The average Bonchev–Trinajstić information content (AvgIpc) is 3.32. The number of amides is 2. The molecule has 0 bridgehead atoms. The van der Waals surface area contributed by atoms with Gasteiger partial charge in [0.15, 0.2) is 5.16 Å². The largest absolute Gasteiger partial charge is 0.497 e. The van der Waals surface area contributed by atoms with E-state index in [0.717, 1.165) is 17.3 Å². The van der Waals surface area contributed by atoms with Crippen LogP contribution in [0.4, 0.5) is 0 Å². The predicted molar refractivity (Wildman–Crippen MR) is 119 cm³/mol. The highest BCUT2D eigenvalue weighted by Gasteiger charge is 2.35. The second-order valence-electron chi connectivity index (χ2n) is 7.97. The number of aromatic nitrogens is 3. The molecule has 1 unspecified atom stereocenters. The summed E-state index contributed by atoms with van der Waals surface area (Å²) in [5.74, 6) is 2.62. The molecule has 1 fully saturated rings. The molecular formula is C20H27N5O3S2. The van der Waals surface area contributed by atoms with Gasteiger partial charge in [0.1, 0.15) is 17.6 Å². The van der Waals surface area contributed by atoms with Crippen LogP contribution in [0.15, 0.2) is 29.4 Å². The molecule has 2 amide bonds. The summed E-state index contributed by atoms with van der Waals surface area (Å²) >= 11 is 2.91. The van der Waals surface area contributed by atoms with Crippen molar-refractivity contribution in [1.29, 1.82) is 0 Å². The maximum absolute atomic E-state index is 12.9. The Labute approximate surface area is 185 Å². The first-order valence-electron chi connectivity index (χ1n) is 9.58. The normalized spacial score (nSPS) is 16.6. The summed E-state index contributed by atoms with van der Waals surface area (Å²) in [6.07, 6.45) is 0. The number of benzene rings is 1. The van der Waals surface area contributed by atoms with Gasteiger partial charge in [0, 0.05) is 17.0 Å². The third-order valence-electron chi connectivity index (χ3n) is 4.45. The van der Waals surface area contributed by atoms with Crippen molar-refractivity contribution in [2.45, 2.75) is 44.4 Å². The van der Waals surface area contributed by atoms with E-state index in [1.807, 2.05) is 56.5 Å². The minimum absolute atomic E-state index is 0.0824. The molecule has 1 aromatic carbocycles. The highest BCUT2D eigenvalue weighted by atomic mass is 32.2. The number of nitrogens with zero attached hydrogens (tertiary/aromatic N) is 4. The number of nitrogens with one attached hydrogen (secondary N) is 1. The maximum atomic E-state index is 12.9. The summed E-state index contributed by atoms with van der Waals surface area (Å²) in [5.41, 5.74) is 0.563. The molecule has 1 N–H and O–H groups in total. The van der Waals surface area contributed by atoms with Gasteiger partial charge in [-0.05, 0) is 52.0 Å². The minimum atomic E-state index is -0.441. The Hall–Kier alpha value is -2.20. The summed E-state index contributed by atoms with van der Waals surface area (Å²) < 4.78 is 7.11. The molecule has 0 saturated carbocycles. The topological polar surface area (TPSA) is 89.3 Å². The summed E-state index contributed by atoms with van der Waals surface area (Å²) in [6, 6.07) is 7.14. The Bertz CT molecular complexity index is 908. The lowest BCUT2D eigenvalue weighted by Crippen LogP contribution is -2.52. The smallest absolute Gasteiger partial charge is 0.244 e. The number of ether oxygens (including phenoxy) is 1. The second kappa shape index (κ2) is 9.30. The van der Waals surface area contributed by atoms with Crippen molar-refractivity contribution < 1.29 is 14.3 Å². The zero-order valence-corrected chi connectivity index (χ0v) is 19.5. The van der Waals surface area contributed by atoms with E-state index in [-0.39, 0.29) is 23.1 Å². The number of aryl methyl sites for hydroxylation is 1. The van der Waals surface area contributed by atoms with Crippen molar-refractivity contribution in [3.8, 4) is 11.4 Å². The molecule has 2 heterocycles. The van der Waals surface area contributed by atoms with Gasteiger partial charge in [0.2, 0.25) is 11.8 Å². The number of carbonyl (C=O) groups excluding carboxylic acids is 2. The summed E-state index contributed by atoms with van der Waals surface area (Å²) in [6.45, 7) is 7.67. The first kappa shape index (κ1) is 22.5. The molecule has 1 aromatic heterocycles. The molecule has 0 spiro atoms. The Morgan fingerprint density at radius 1 is 1.27 bits per heavy atom. The van der Waals surface area contributed by atoms with Crippen LogP contribution in [-0.4, -0.2) is 67.6 Å². The molecule has 0 aliphatic carbocycles. The zero-order valence-electron chi connectivity index (χ0n) is 17.8. The zero-order chi connectivity index (χ0) is 21.9. The van der Waals surface area contributed by atoms with Gasteiger partial charge in [-0.25, -0.2) is 0 Å². The van der Waals surface area contributed by atoms with Crippen LogP contribution in [0.1, 0.15) is 26.6 Å². The molecule has 1 saturated heterocycles. The Morgan fingerprint density at radius 2 is 1.97 bits per heavy atom.